The first kappa shape index (κ1) is 11.3. The predicted octanol–water partition coefficient (Wildman–Crippen LogP) is 3.60. The molecule has 1 heterocycles. The maximum atomic E-state index is 13.7. The summed E-state index contributed by atoms with van der Waals surface area (Å²) < 4.78 is 13.7. The zero-order chi connectivity index (χ0) is 12.5. The average Bonchev–Trinajstić information content (AvgIpc) is 2.40. The van der Waals surface area contributed by atoms with Crippen LogP contribution in [0.2, 0.25) is 0 Å². The van der Waals surface area contributed by atoms with Crippen molar-refractivity contribution in [3.05, 3.63) is 41.8 Å². The number of aromatic nitrogens is 1. The highest BCUT2D eigenvalue weighted by atomic mass is 19.1. The Balaban J connectivity index is 2.17. The van der Waals surface area contributed by atoms with Gasteiger partial charge in [-0.3, -0.25) is 9.78 Å². The van der Waals surface area contributed by atoms with Crippen molar-refractivity contribution in [2.75, 3.05) is 0 Å². The van der Waals surface area contributed by atoms with Crippen molar-refractivity contribution in [3.63, 3.8) is 0 Å². The van der Waals surface area contributed by atoms with Crippen molar-refractivity contribution < 1.29 is 9.18 Å². The molecule has 0 radical (unpaired) electrons. The zero-order valence-electron chi connectivity index (χ0n) is 10.0. The van der Waals surface area contributed by atoms with Crippen molar-refractivity contribution in [1.82, 2.24) is 4.98 Å². The molecule has 0 aliphatic heterocycles. The lowest BCUT2D eigenvalue weighted by Crippen LogP contribution is -2.17. The van der Waals surface area contributed by atoms with Crippen LogP contribution in [0.3, 0.4) is 0 Å². The molecule has 18 heavy (non-hydrogen) atoms. The molecule has 1 aromatic carbocycles. The van der Waals surface area contributed by atoms with Gasteiger partial charge in [-0.2, -0.15) is 0 Å². The van der Waals surface area contributed by atoms with Gasteiger partial charge in [-0.1, -0.05) is 18.6 Å². The Labute approximate surface area is 105 Å². The molecule has 2 aromatic rings. The number of halogens is 1. The normalized spacial score (nSPS) is 20.3. The van der Waals surface area contributed by atoms with Crippen molar-refractivity contribution in [2.24, 2.45) is 0 Å². The Morgan fingerprint density at radius 3 is 2.94 bits per heavy atom. The molecule has 92 valence electrons. The Kier molecular flexibility index (Phi) is 2.82. The number of fused-ring (bicyclic) bond motifs is 1. The number of nitrogens with zero attached hydrogens (tertiary/aromatic N) is 1. The number of pyridine rings is 1. The molecule has 3 rings (SSSR count). The van der Waals surface area contributed by atoms with Gasteiger partial charge >= 0.3 is 0 Å². The fraction of sp³-hybridized carbons (Fsp3) is 0.333. The lowest BCUT2D eigenvalue weighted by Gasteiger charge is -2.22. The lowest BCUT2D eigenvalue weighted by molar-refractivity contribution is -0.121. The van der Waals surface area contributed by atoms with Gasteiger partial charge in [0, 0.05) is 23.9 Å². The summed E-state index contributed by atoms with van der Waals surface area (Å²) in [6.07, 6.45) is 5.16. The molecular weight excluding hydrogens is 229 g/mol. The van der Waals surface area contributed by atoms with Gasteiger partial charge in [0.25, 0.3) is 0 Å². The number of Topliss-reactive ketones (excluding diaryl/α,β-unsaturated/α-hetero) is 1. The first-order valence-electron chi connectivity index (χ1n) is 6.33. The molecule has 1 aliphatic carbocycles. The van der Waals surface area contributed by atoms with E-state index in [0.29, 0.717) is 11.9 Å². The minimum atomic E-state index is -0.322. The summed E-state index contributed by atoms with van der Waals surface area (Å²) in [4.78, 5) is 16.1. The van der Waals surface area contributed by atoms with Crippen LogP contribution in [0.1, 0.15) is 37.2 Å². The SMILES string of the molecule is O=C1CCCCC1c1ccnc2c(F)cccc12. The molecule has 0 N–H and O–H groups in total. The van der Waals surface area contributed by atoms with E-state index in [1.54, 1.807) is 12.3 Å². The van der Waals surface area contributed by atoms with Gasteiger partial charge < -0.3 is 0 Å². The van der Waals surface area contributed by atoms with Gasteiger partial charge in [-0.05, 0) is 30.5 Å². The van der Waals surface area contributed by atoms with Crippen LogP contribution in [-0.4, -0.2) is 10.8 Å². The Morgan fingerprint density at radius 2 is 2.11 bits per heavy atom. The van der Waals surface area contributed by atoms with E-state index >= 15 is 0 Å². The molecule has 1 atom stereocenters. The van der Waals surface area contributed by atoms with Gasteiger partial charge in [0.15, 0.2) is 0 Å². The Morgan fingerprint density at radius 1 is 1.22 bits per heavy atom. The number of carbonyl (C=O) groups excluding carboxylic acids is 1. The molecule has 2 nitrogen and oxygen atoms in total. The second kappa shape index (κ2) is 4.48. The highest BCUT2D eigenvalue weighted by Crippen LogP contribution is 2.33. The molecule has 0 spiro atoms. The molecular formula is C15H14FNO. The first-order chi connectivity index (χ1) is 8.77. The standard InChI is InChI=1S/C15H14FNO/c16-13-6-3-5-12-10(8-9-17-15(12)13)11-4-1-2-7-14(11)18/h3,5-6,8-9,11H,1-2,4,7H2. The monoisotopic (exact) mass is 243 g/mol. The maximum absolute atomic E-state index is 13.7. The molecule has 0 saturated heterocycles. The molecule has 1 unspecified atom stereocenters. The summed E-state index contributed by atoms with van der Waals surface area (Å²) in [5.74, 6) is -0.123. The number of hydrogen-bond acceptors (Lipinski definition) is 2. The van der Waals surface area contributed by atoms with Crippen LogP contribution >= 0.6 is 0 Å². The quantitative estimate of drug-likeness (QED) is 0.766. The fourth-order valence-electron chi connectivity index (χ4n) is 2.78. The van der Waals surface area contributed by atoms with Gasteiger partial charge in [0.1, 0.15) is 17.1 Å². The van der Waals surface area contributed by atoms with Crippen molar-refractivity contribution in [2.45, 2.75) is 31.6 Å². The van der Waals surface area contributed by atoms with Gasteiger partial charge in [-0.15, -0.1) is 0 Å². The van der Waals surface area contributed by atoms with Crippen LogP contribution in [0, 0.1) is 5.82 Å². The third-order valence-corrected chi connectivity index (χ3v) is 3.69. The molecule has 1 saturated carbocycles. The molecule has 0 amide bonds. The summed E-state index contributed by atoms with van der Waals surface area (Å²) in [5.41, 5.74) is 1.30. The number of hydrogen-bond donors (Lipinski definition) is 0. The third kappa shape index (κ3) is 1.80. The molecule has 1 fully saturated rings. The molecule has 1 aliphatic rings. The molecule has 1 aromatic heterocycles. The predicted molar refractivity (Wildman–Crippen MR) is 67.9 cm³/mol. The van der Waals surface area contributed by atoms with Crippen LogP contribution in [0.4, 0.5) is 4.39 Å². The third-order valence-electron chi connectivity index (χ3n) is 3.69. The van der Waals surface area contributed by atoms with E-state index in [4.69, 9.17) is 0 Å². The van der Waals surface area contributed by atoms with Crippen molar-refractivity contribution in [3.8, 4) is 0 Å². The number of para-hydroxylation sites is 1. The molecule has 0 bridgehead atoms. The van der Waals surface area contributed by atoms with Crippen LogP contribution in [0.25, 0.3) is 10.9 Å². The summed E-state index contributed by atoms with van der Waals surface area (Å²) in [5, 5.41) is 0.776. The number of rotatable bonds is 1. The number of benzene rings is 1. The number of carbonyl (C=O) groups is 1. The van der Waals surface area contributed by atoms with E-state index in [0.717, 1.165) is 30.2 Å². The number of ketones is 1. The summed E-state index contributed by atoms with van der Waals surface area (Å²) in [6, 6.07) is 6.79. The van der Waals surface area contributed by atoms with Gasteiger partial charge in [0.2, 0.25) is 0 Å². The van der Waals surface area contributed by atoms with E-state index in [-0.39, 0.29) is 17.5 Å². The molecule has 3 heteroatoms. The largest absolute Gasteiger partial charge is 0.299 e. The fourth-order valence-corrected chi connectivity index (χ4v) is 2.78. The van der Waals surface area contributed by atoms with Crippen LogP contribution < -0.4 is 0 Å². The lowest BCUT2D eigenvalue weighted by atomic mass is 9.82. The van der Waals surface area contributed by atoms with Crippen molar-refractivity contribution >= 4 is 16.7 Å². The Hall–Kier alpha value is -1.77. The van der Waals surface area contributed by atoms with Gasteiger partial charge in [0.05, 0.1) is 0 Å². The smallest absolute Gasteiger partial charge is 0.149 e. The zero-order valence-corrected chi connectivity index (χ0v) is 10.0. The maximum Gasteiger partial charge on any atom is 0.149 e. The van der Waals surface area contributed by atoms with E-state index in [1.165, 1.54) is 6.07 Å². The topological polar surface area (TPSA) is 30.0 Å². The minimum absolute atomic E-state index is 0.0777. The van der Waals surface area contributed by atoms with Gasteiger partial charge in [-0.25, -0.2) is 4.39 Å². The van der Waals surface area contributed by atoms with Crippen LogP contribution in [0.5, 0.6) is 0 Å². The van der Waals surface area contributed by atoms with Crippen LogP contribution in [-0.2, 0) is 4.79 Å². The summed E-state index contributed by atoms with van der Waals surface area (Å²) in [6.45, 7) is 0. The van der Waals surface area contributed by atoms with E-state index in [9.17, 15) is 9.18 Å². The second-order valence-electron chi connectivity index (χ2n) is 4.80. The summed E-state index contributed by atoms with van der Waals surface area (Å²) in [7, 11) is 0. The Bertz CT molecular complexity index is 608. The summed E-state index contributed by atoms with van der Waals surface area (Å²) >= 11 is 0. The highest BCUT2D eigenvalue weighted by Gasteiger charge is 2.25. The first-order valence-corrected chi connectivity index (χ1v) is 6.33. The van der Waals surface area contributed by atoms with E-state index < -0.39 is 0 Å². The van der Waals surface area contributed by atoms with Crippen molar-refractivity contribution in [1.29, 1.82) is 0 Å². The second-order valence-corrected chi connectivity index (χ2v) is 4.80. The van der Waals surface area contributed by atoms with E-state index in [1.807, 2.05) is 12.1 Å². The minimum Gasteiger partial charge on any atom is -0.299 e. The highest BCUT2D eigenvalue weighted by molar-refractivity contribution is 5.92. The van der Waals surface area contributed by atoms with E-state index in [2.05, 4.69) is 4.98 Å². The average molecular weight is 243 g/mol. The van der Waals surface area contributed by atoms with Crippen LogP contribution in [0.15, 0.2) is 30.5 Å².